The first-order valence-electron chi connectivity index (χ1n) is 12.5. The van der Waals surface area contributed by atoms with Gasteiger partial charge in [-0.2, -0.15) is 0 Å². The Labute approximate surface area is 176 Å². The Hall–Kier alpha value is -0.920. The molecule has 0 aromatic heterocycles. The van der Waals surface area contributed by atoms with Crippen LogP contribution in [0.2, 0.25) is 0 Å². The molecule has 0 aliphatic heterocycles. The fourth-order valence-corrected chi connectivity index (χ4v) is 6.77. The molecule has 2 heteroatoms. The Kier molecular flexibility index (Phi) is 6.66. The standard InChI is InChI=1S/C27H40F2/c1-3-5-19-7-9-20(10-8-19)21-11-13-22(14-12-21)23-15-17-24(18-16-23)26-25(6-4-2)27(26,28)29/h15-22,25-26H,3-14H2,1-2H3/t19-,20-,21?,22?,25-,26-/m1/s1. The number of benzene rings is 1. The lowest BCUT2D eigenvalue weighted by Crippen LogP contribution is -2.25. The summed E-state index contributed by atoms with van der Waals surface area (Å²) in [6, 6.07) is 8.33. The highest BCUT2D eigenvalue weighted by Gasteiger charge is 2.67. The van der Waals surface area contributed by atoms with Crippen LogP contribution >= 0.6 is 0 Å². The van der Waals surface area contributed by atoms with Crippen molar-refractivity contribution in [3.05, 3.63) is 35.4 Å². The first-order valence-corrected chi connectivity index (χ1v) is 12.5. The van der Waals surface area contributed by atoms with E-state index < -0.39 is 17.8 Å². The van der Waals surface area contributed by atoms with E-state index in [4.69, 9.17) is 0 Å². The van der Waals surface area contributed by atoms with Crippen molar-refractivity contribution in [3.63, 3.8) is 0 Å². The van der Waals surface area contributed by atoms with Crippen LogP contribution in [0.1, 0.15) is 114 Å². The summed E-state index contributed by atoms with van der Waals surface area (Å²) in [6.07, 6.45) is 15.4. The number of alkyl halides is 2. The van der Waals surface area contributed by atoms with E-state index in [9.17, 15) is 8.78 Å². The largest absolute Gasteiger partial charge is 0.258 e. The molecule has 0 amide bonds. The second-order valence-corrected chi connectivity index (χ2v) is 10.4. The third kappa shape index (κ3) is 4.57. The van der Waals surface area contributed by atoms with Crippen molar-refractivity contribution in [2.45, 2.75) is 109 Å². The lowest BCUT2D eigenvalue weighted by Gasteiger charge is -2.38. The van der Waals surface area contributed by atoms with Gasteiger partial charge in [-0.25, -0.2) is 8.78 Å². The van der Waals surface area contributed by atoms with Crippen LogP contribution in [0.4, 0.5) is 8.78 Å². The monoisotopic (exact) mass is 402 g/mol. The fourth-order valence-electron chi connectivity index (χ4n) is 6.77. The van der Waals surface area contributed by atoms with Crippen LogP contribution in [0, 0.1) is 23.7 Å². The van der Waals surface area contributed by atoms with Gasteiger partial charge in [0.2, 0.25) is 0 Å². The molecule has 3 aliphatic carbocycles. The Morgan fingerprint density at radius 2 is 1.24 bits per heavy atom. The Morgan fingerprint density at radius 1 is 0.724 bits per heavy atom. The highest BCUT2D eigenvalue weighted by Crippen LogP contribution is 2.63. The molecule has 3 aliphatic rings. The van der Waals surface area contributed by atoms with Crippen LogP contribution in [-0.4, -0.2) is 5.92 Å². The summed E-state index contributed by atoms with van der Waals surface area (Å²) in [5.74, 6) is 0.110. The van der Waals surface area contributed by atoms with Crippen molar-refractivity contribution >= 4 is 0 Å². The molecule has 162 valence electrons. The normalized spacial score (nSPS) is 36.7. The Balaban J connectivity index is 1.27. The third-order valence-electron chi connectivity index (χ3n) is 8.60. The van der Waals surface area contributed by atoms with Crippen molar-refractivity contribution in [3.8, 4) is 0 Å². The van der Waals surface area contributed by atoms with E-state index in [-0.39, 0.29) is 0 Å². The molecule has 1 aromatic carbocycles. The summed E-state index contributed by atoms with van der Waals surface area (Å²) in [7, 11) is 0. The highest BCUT2D eigenvalue weighted by molar-refractivity contribution is 5.35. The van der Waals surface area contributed by atoms with Crippen molar-refractivity contribution in [2.75, 3.05) is 0 Å². The fraction of sp³-hybridized carbons (Fsp3) is 0.778. The molecule has 3 fully saturated rings. The number of rotatable bonds is 7. The summed E-state index contributed by atoms with van der Waals surface area (Å²) in [5.41, 5.74) is 2.24. The molecule has 0 unspecified atom stereocenters. The average Bonchev–Trinajstić information content (AvgIpc) is 3.29. The van der Waals surface area contributed by atoms with Gasteiger partial charge in [0.25, 0.3) is 5.92 Å². The molecule has 0 N–H and O–H groups in total. The second kappa shape index (κ2) is 9.06. The molecule has 0 saturated heterocycles. The maximum absolute atomic E-state index is 14.1. The molecule has 0 heterocycles. The molecule has 3 saturated carbocycles. The molecule has 0 radical (unpaired) electrons. The minimum Gasteiger partial charge on any atom is -0.206 e. The molecule has 0 spiro atoms. The van der Waals surface area contributed by atoms with Crippen LogP contribution in [0.5, 0.6) is 0 Å². The first-order chi connectivity index (χ1) is 14.0. The van der Waals surface area contributed by atoms with Crippen molar-refractivity contribution in [1.29, 1.82) is 0 Å². The molecule has 29 heavy (non-hydrogen) atoms. The van der Waals surface area contributed by atoms with Crippen molar-refractivity contribution in [2.24, 2.45) is 23.7 Å². The zero-order valence-electron chi connectivity index (χ0n) is 18.5. The van der Waals surface area contributed by atoms with Crippen LogP contribution in [0.25, 0.3) is 0 Å². The molecule has 2 atom stereocenters. The lowest BCUT2D eigenvalue weighted by atomic mass is 9.68. The highest BCUT2D eigenvalue weighted by atomic mass is 19.3. The summed E-state index contributed by atoms with van der Waals surface area (Å²) in [6.45, 7) is 4.32. The predicted octanol–water partition coefficient (Wildman–Crippen LogP) is 8.72. The van der Waals surface area contributed by atoms with Crippen LogP contribution in [-0.2, 0) is 0 Å². The van der Waals surface area contributed by atoms with Crippen LogP contribution in [0.15, 0.2) is 24.3 Å². The van der Waals surface area contributed by atoms with E-state index >= 15 is 0 Å². The molecular formula is C27H40F2. The topological polar surface area (TPSA) is 0 Å². The number of halogens is 2. The number of hydrogen-bond donors (Lipinski definition) is 0. The van der Waals surface area contributed by atoms with Gasteiger partial charge >= 0.3 is 0 Å². The van der Waals surface area contributed by atoms with Crippen molar-refractivity contribution in [1.82, 2.24) is 0 Å². The Bertz CT molecular complexity index is 633. The SMILES string of the molecule is CCC[C@@H]1[C@@H](c2ccc(C3CCC([C@H]4CC[C@H](CCC)CC4)CC3)cc2)C1(F)F. The van der Waals surface area contributed by atoms with Gasteiger partial charge in [0.05, 0.1) is 5.92 Å². The second-order valence-electron chi connectivity index (χ2n) is 10.4. The van der Waals surface area contributed by atoms with Gasteiger partial charge in [0, 0.05) is 5.92 Å². The van der Waals surface area contributed by atoms with E-state index in [1.807, 2.05) is 19.1 Å². The minimum atomic E-state index is -2.48. The van der Waals surface area contributed by atoms with Crippen LogP contribution < -0.4 is 0 Å². The molecule has 1 aromatic rings. The van der Waals surface area contributed by atoms with Crippen molar-refractivity contribution < 1.29 is 8.78 Å². The van der Waals surface area contributed by atoms with E-state index in [0.29, 0.717) is 12.3 Å². The average molecular weight is 403 g/mol. The van der Waals surface area contributed by atoms with Gasteiger partial charge in [0.15, 0.2) is 0 Å². The summed E-state index contributed by atoms with van der Waals surface area (Å²) in [5, 5.41) is 0. The maximum Gasteiger partial charge on any atom is 0.258 e. The third-order valence-corrected chi connectivity index (χ3v) is 8.60. The summed E-state index contributed by atoms with van der Waals surface area (Å²) < 4.78 is 28.2. The number of hydrogen-bond acceptors (Lipinski definition) is 0. The van der Waals surface area contributed by atoms with Gasteiger partial charge in [-0.1, -0.05) is 70.2 Å². The smallest absolute Gasteiger partial charge is 0.206 e. The van der Waals surface area contributed by atoms with Crippen LogP contribution in [0.3, 0.4) is 0 Å². The van der Waals surface area contributed by atoms with Gasteiger partial charge in [0.1, 0.15) is 0 Å². The van der Waals surface area contributed by atoms with Gasteiger partial charge in [-0.3, -0.25) is 0 Å². The predicted molar refractivity (Wildman–Crippen MR) is 118 cm³/mol. The van der Waals surface area contributed by atoms with E-state index in [1.54, 1.807) is 0 Å². The Morgan fingerprint density at radius 3 is 1.79 bits per heavy atom. The van der Waals surface area contributed by atoms with Gasteiger partial charge in [-0.15, -0.1) is 0 Å². The zero-order valence-corrected chi connectivity index (χ0v) is 18.5. The van der Waals surface area contributed by atoms with Gasteiger partial charge < -0.3 is 0 Å². The summed E-state index contributed by atoms with van der Waals surface area (Å²) in [4.78, 5) is 0. The van der Waals surface area contributed by atoms with E-state index in [0.717, 1.165) is 29.7 Å². The first kappa shape index (κ1) is 21.3. The summed E-state index contributed by atoms with van der Waals surface area (Å²) >= 11 is 0. The van der Waals surface area contributed by atoms with E-state index in [2.05, 4.69) is 19.1 Å². The molecule has 0 nitrogen and oxygen atoms in total. The van der Waals surface area contributed by atoms with E-state index in [1.165, 1.54) is 69.8 Å². The van der Waals surface area contributed by atoms with Gasteiger partial charge in [-0.05, 0) is 79.7 Å². The molecular weight excluding hydrogens is 362 g/mol. The lowest BCUT2D eigenvalue weighted by molar-refractivity contribution is 0.0915. The minimum absolute atomic E-state index is 0.429. The molecule has 0 bridgehead atoms. The quantitative estimate of drug-likeness (QED) is 0.428. The molecule has 4 rings (SSSR count). The maximum atomic E-state index is 14.1. The zero-order chi connectivity index (χ0) is 20.4.